The van der Waals surface area contributed by atoms with Gasteiger partial charge in [0.05, 0.1) is 16.4 Å². The van der Waals surface area contributed by atoms with Crippen LogP contribution < -0.4 is 10.0 Å². The van der Waals surface area contributed by atoms with Crippen LogP contribution in [0.25, 0.3) is 0 Å². The zero-order valence-corrected chi connectivity index (χ0v) is 21.2. The molecule has 0 unspecified atom stereocenters. The molecule has 1 aliphatic heterocycles. The lowest BCUT2D eigenvalue weighted by Gasteiger charge is -2.23. The highest BCUT2D eigenvalue weighted by atomic mass is 32.2. The lowest BCUT2D eigenvalue weighted by Crippen LogP contribution is -2.38. The van der Waals surface area contributed by atoms with Crippen LogP contribution in [0.5, 0.6) is 0 Å². The molecule has 2 heterocycles. The summed E-state index contributed by atoms with van der Waals surface area (Å²) in [6.07, 6.45) is 6.78. The molecule has 1 saturated heterocycles. The van der Waals surface area contributed by atoms with E-state index in [1.165, 1.54) is 23.5 Å². The third-order valence-corrected chi connectivity index (χ3v) is 8.27. The lowest BCUT2D eigenvalue weighted by atomic mass is 10.1. The average Bonchev–Trinajstić information content (AvgIpc) is 3.52. The fourth-order valence-electron chi connectivity index (χ4n) is 3.97. The first-order chi connectivity index (χ1) is 16.9. The highest BCUT2D eigenvalue weighted by molar-refractivity contribution is 7.89. The van der Waals surface area contributed by atoms with Crippen molar-refractivity contribution in [3.8, 4) is 0 Å². The quantitative estimate of drug-likeness (QED) is 0.363. The Hall–Kier alpha value is -2.38. The van der Waals surface area contributed by atoms with Crippen LogP contribution in [0, 0.1) is 0 Å². The predicted molar refractivity (Wildman–Crippen MR) is 132 cm³/mol. The number of anilines is 1. The molecule has 1 aliphatic carbocycles. The van der Waals surface area contributed by atoms with Crippen molar-refractivity contribution in [2.24, 2.45) is 5.16 Å². The fourth-order valence-corrected chi connectivity index (χ4v) is 6.06. The summed E-state index contributed by atoms with van der Waals surface area (Å²) in [7, 11) is -2.11. The Balaban J connectivity index is 1.51. The van der Waals surface area contributed by atoms with E-state index < -0.39 is 15.9 Å². The zero-order chi connectivity index (χ0) is 24.7. The molecule has 12 heteroatoms. The van der Waals surface area contributed by atoms with Gasteiger partial charge in [0.15, 0.2) is 10.8 Å². The van der Waals surface area contributed by atoms with Gasteiger partial charge in [-0.25, -0.2) is 18.1 Å². The molecule has 1 amide bonds. The number of benzene rings is 1. The van der Waals surface area contributed by atoms with Crippen molar-refractivity contribution in [2.45, 2.75) is 62.2 Å². The van der Waals surface area contributed by atoms with Crippen molar-refractivity contribution < 1.29 is 27.5 Å². The molecule has 0 radical (unpaired) electrons. The van der Waals surface area contributed by atoms with Crippen LogP contribution in [0.3, 0.4) is 0 Å². The van der Waals surface area contributed by atoms with Crippen molar-refractivity contribution in [3.05, 3.63) is 40.9 Å². The maximum atomic E-state index is 13.1. The van der Waals surface area contributed by atoms with Gasteiger partial charge in [0.25, 0.3) is 5.91 Å². The molecule has 0 bridgehead atoms. The van der Waals surface area contributed by atoms with Gasteiger partial charge in [-0.05, 0) is 50.7 Å². The lowest BCUT2D eigenvalue weighted by molar-refractivity contribution is -0.110. The first kappa shape index (κ1) is 25.7. The third kappa shape index (κ3) is 7.07. The van der Waals surface area contributed by atoms with Crippen LogP contribution in [0.2, 0.25) is 0 Å². The van der Waals surface area contributed by atoms with Crippen molar-refractivity contribution in [3.63, 3.8) is 0 Å². The number of sulfonamides is 1. The van der Waals surface area contributed by atoms with Gasteiger partial charge in [-0.1, -0.05) is 28.6 Å². The van der Waals surface area contributed by atoms with E-state index in [0.717, 1.165) is 30.6 Å². The van der Waals surface area contributed by atoms with Crippen LogP contribution in [-0.2, 0) is 35.7 Å². The topological polar surface area (TPSA) is 128 Å². The largest absolute Gasteiger partial charge is 0.392 e. The minimum Gasteiger partial charge on any atom is -0.392 e. The molecule has 0 spiro atoms. The Bertz CT molecular complexity index is 1120. The van der Waals surface area contributed by atoms with Gasteiger partial charge >= 0.3 is 0 Å². The van der Waals surface area contributed by atoms with Gasteiger partial charge in [-0.3, -0.25) is 10.1 Å². The molecule has 2 fully saturated rings. The second-order valence-electron chi connectivity index (χ2n) is 8.50. The smallest absolute Gasteiger partial charge is 0.280 e. The van der Waals surface area contributed by atoms with Crippen molar-refractivity contribution in [1.29, 1.82) is 0 Å². The Morgan fingerprint density at radius 3 is 2.57 bits per heavy atom. The van der Waals surface area contributed by atoms with Crippen LogP contribution in [-0.4, -0.2) is 57.5 Å². The maximum Gasteiger partial charge on any atom is 0.280 e. The number of hydrogen-bond acceptors (Lipinski definition) is 9. The summed E-state index contributed by atoms with van der Waals surface area (Å²) in [5.41, 5.74) is 0.501. The molecule has 2 N–H and O–H groups in total. The molecule has 10 nitrogen and oxygen atoms in total. The fraction of sp³-hybridized carbons (Fsp3) is 0.522. The van der Waals surface area contributed by atoms with Crippen LogP contribution >= 0.6 is 11.3 Å². The number of ether oxygens (including phenoxy) is 2. The molecule has 2 aromatic rings. The molecule has 1 saturated carbocycles. The van der Waals surface area contributed by atoms with Gasteiger partial charge in [0.2, 0.25) is 10.0 Å². The van der Waals surface area contributed by atoms with E-state index >= 15 is 0 Å². The predicted octanol–water partition coefficient (Wildman–Crippen LogP) is 3.05. The van der Waals surface area contributed by atoms with E-state index in [4.69, 9.17) is 14.3 Å². The molecule has 1 aromatic carbocycles. The number of carbonyl (C=O) groups excluding carboxylic acids is 1. The summed E-state index contributed by atoms with van der Waals surface area (Å²) in [6.45, 7) is 1.47. The van der Waals surface area contributed by atoms with Crippen molar-refractivity contribution in [1.82, 2.24) is 9.71 Å². The molecule has 35 heavy (non-hydrogen) atoms. The van der Waals surface area contributed by atoms with Gasteiger partial charge in [0, 0.05) is 38.1 Å². The Kier molecular flexibility index (Phi) is 8.84. The number of aromatic nitrogens is 1. The molecule has 4 rings (SSSR count). The number of thiazole rings is 1. The molecular formula is C23H30N4O6S2. The van der Waals surface area contributed by atoms with E-state index in [-0.39, 0.29) is 22.8 Å². The summed E-state index contributed by atoms with van der Waals surface area (Å²) in [5, 5.41) is 7.34. The van der Waals surface area contributed by atoms with Crippen LogP contribution in [0.15, 0.2) is 40.5 Å². The monoisotopic (exact) mass is 522 g/mol. The number of rotatable bonds is 10. The number of carbonyl (C=O) groups is 1. The second kappa shape index (κ2) is 12.0. The summed E-state index contributed by atoms with van der Waals surface area (Å²) in [4.78, 5) is 24.0. The highest BCUT2D eigenvalue weighted by Gasteiger charge is 2.24. The number of amides is 1. The van der Waals surface area contributed by atoms with Crippen molar-refractivity contribution in [2.75, 3.05) is 25.6 Å². The Labute approximate surface area is 209 Å². The normalized spacial score (nSPS) is 18.0. The first-order valence-electron chi connectivity index (χ1n) is 11.6. The standard InChI is InChI=1S/C23H30N4O6S2/c1-31-15-19-14-24-23(34-19)25-22(28)21(26-33-18-4-2-3-5-18)16-6-8-20(9-7-16)35(29,30)27-17-10-12-32-13-11-17/h6-9,14,17-18,27H,2-5,10-13,15H2,1H3,(H,24,25,28)/b26-21+. The Morgan fingerprint density at radius 1 is 1.17 bits per heavy atom. The number of nitrogens with zero attached hydrogens (tertiary/aromatic N) is 2. The highest BCUT2D eigenvalue weighted by Crippen LogP contribution is 2.23. The van der Waals surface area contributed by atoms with Crippen LogP contribution in [0.1, 0.15) is 49.0 Å². The minimum atomic E-state index is -3.70. The van der Waals surface area contributed by atoms with E-state index in [2.05, 4.69) is 20.2 Å². The van der Waals surface area contributed by atoms with E-state index in [0.29, 0.717) is 43.4 Å². The molecule has 190 valence electrons. The number of oxime groups is 1. The first-order valence-corrected chi connectivity index (χ1v) is 13.9. The number of methoxy groups -OCH3 is 1. The van der Waals surface area contributed by atoms with Gasteiger partial charge in [-0.15, -0.1) is 0 Å². The third-order valence-electron chi connectivity index (χ3n) is 5.85. The minimum absolute atomic E-state index is 0.0331. The van der Waals surface area contributed by atoms with E-state index in [9.17, 15) is 13.2 Å². The molecule has 0 atom stereocenters. The maximum absolute atomic E-state index is 13.1. The number of nitrogens with one attached hydrogen (secondary N) is 2. The van der Waals surface area contributed by atoms with Gasteiger partial charge < -0.3 is 14.3 Å². The summed E-state index contributed by atoms with van der Waals surface area (Å²) < 4.78 is 38.7. The molecule has 1 aromatic heterocycles. The molecular weight excluding hydrogens is 492 g/mol. The Morgan fingerprint density at radius 2 is 1.89 bits per heavy atom. The summed E-state index contributed by atoms with van der Waals surface area (Å²) in [5.74, 6) is -0.489. The second-order valence-corrected chi connectivity index (χ2v) is 11.3. The number of hydrogen-bond donors (Lipinski definition) is 2. The van der Waals surface area contributed by atoms with Crippen LogP contribution in [0.4, 0.5) is 5.13 Å². The van der Waals surface area contributed by atoms with E-state index in [1.807, 2.05) is 0 Å². The van der Waals surface area contributed by atoms with Gasteiger partial charge in [-0.2, -0.15) is 0 Å². The van der Waals surface area contributed by atoms with Crippen molar-refractivity contribution >= 4 is 38.1 Å². The van der Waals surface area contributed by atoms with E-state index in [1.54, 1.807) is 25.4 Å². The average molecular weight is 523 g/mol. The summed E-state index contributed by atoms with van der Waals surface area (Å²) >= 11 is 1.30. The summed E-state index contributed by atoms with van der Waals surface area (Å²) in [6, 6.07) is 5.91. The van der Waals surface area contributed by atoms with Gasteiger partial charge in [0.1, 0.15) is 6.10 Å². The zero-order valence-electron chi connectivity index (χ0n) is 19.6. The molecule has 2 aliphatic rings. The SMILES string of the molecule is COCc1cnc(NC(=O)/C(=N/OC2CCCC2)c2ccc(S(=O)(=O)NC3CCOCC3)cc2)s1.